The zero-order chi connectivity index (χ0) is 16.3. The van der Waals surface area contributed by atoms with E-state index in [9.17, 15) is 4.79 Å². The third-order valence-electron chi connectivity index (χ3n) is 5.36. The average molecular weight is 317 g/mol. The van der Waals surface area contributed by atoms with Crippen molar-refractivity contribution in [3.8, 4) is 0 Å². The third-order valence-corrected chi connectivity index (χ3v) is 5.36. The molecule has 1 spiro atoms. The fourth-order valence-electron chi connectivity index (χ4n) is 3.86. The van der Waals surface area contributed by atoms with Gasteiger partial charge in [0.15, 0.2) is 0 Å². The molecule has 126 valence electrons. The molecule has 1 unspecified atom stereocenters. The molecule has 1 N–H and O–H groups in total. The molecule has 3 heterocycles. The molecule has 1 aromatic heterocycles. The number of rotatable bonds is 4. The highest BCUT2D eigenvalue weighted by Crippen LogP contribution is 2.32. The zero-order valence-electron chi connectivity index (χ0n) is 14.0. The first-order valence-corrected chi connectivity index (χ1v) is 8.43. The van der Waals surface area contributed by atoms with E-state index in [0.717, 1.165) is 51.4 Å². The van der Waals surface area contributed by atoms with Gasteiger partial charge in [0.2, 0.25) is 5.91 Å². The minimum Gasteiger partial charge on any atom is -0.348 e. The van der Waals surface area contributed by atoms with Crippen LogP contribution in [0.1, 0.15) is 25.1 Å². The summed E-state index contributed by atoms with van der Waals surface area (Å²) in [7, 11) is 2.21. The van der Waals surface area contributed by atoms with Crippen LogP contribution in [0.5, 0.6) is 0 Å². The number of carbonyl (C=O) groups is 1. The van der Waals surface area contributed by atoms with E-state index >= 15 is 0 Å². The molecule has 0 aliphatic carbocycles. The molecule has 1 aromatic rings. The third kappa shape index (κ3) is 3.48. The highest BCUT2D eigenvalue weighted by Gasteiger charge is 2.42. The van der Waals surface area contributed by atoms with Gasteiger partial charge in [-0.3, -0.25) is 14.6 Å². The lowest BCUT2D eigenvalue weighted by molar-refractivity contribution is -0.130. The van der Waals surface area contributed by atoms with Crippen LogP contribution < -0.4 is 0 Å². The van der Waals surface area contributed by atoms with Gasteiger partial charge in [-0.05, 0) is 19.9 Å². The molecule has 2 saturated heterocycles. The Bertz CT molecular complexity index is 543. The Morgan fingerprint density at radius 1 is 1.39 bits per heavy atom. The van der Waals surface area contributed by atoms with Crippen molar-refractivity contribution < 1.29 is 4.79 Å². The summed E-state index contributed by atoms with van der Waals surface area (Å²) in [4.78, 5) is 26.7. The van der Waals surface area contributed by atoms with Gasteiger partial charge in [0.05, 0.1) is 6.54 Å². The molecule has 2 aliphatic heterocycles. The van der Waals surface area contributed by atoms with E-state index in [1.54, 1.807) is 6.20 Å². The van der Waals surface area contributed by atoms with Crippen LogP contribution in [0.25, 0.3) is 0 Å². The van der Waals surface area contributed by atoms with Crippen LogP contribution in [0, 0.1) is 0 Å². The molecule has 2 fully saturated rings. The van der Waals surface area contributed by atoms with Gasteiger partial charge in [-0.2, -0.15) is 0 Å². The van der Waals surface area contributed by atoms with E-state index in [1.807, 2.05) is 17.2 Å². The lowest BCUT2D eigenvalue weighted by Crippen LogP contribution is -2.60. The number of nitrogens with one attached hydrogen (secondary N) is 1. The monoisotopic (exact) mass is 317 g/mol. The van der Waals surface area contributed by atoms with Crippen molar-refractivity contribution >= 4 is 5.91 Å². The van der Waals surface area contributed by atoms with Gasteiger partial charge in [0.25, 0.3) is 0 Å². The molecule has 1 atom stereocenters. The first-order chi connectivity index (χ1) is 11.1. The minimum atomic E-state index is 0.0937. The normalized spacial score (nSPS) is 27.3. The fourth-order valence-corrected chi connectivity index (χ4v) is 3.86. The number of nitrogens with zero attached hydrogens (tertiary/aromatic N) is 4. The van der Waals surface area contributed by atoms with Crippen molar-refractivity contribution in [3.63, 3.8) is 0 Å². The lowest BCUT2D eigenvalue weighted by atomic mass is 9.86. The number of aromatic nitrogens is 2. The molecule has 3 rings (SSSR count). The minimum absolute atomic E-state index is 0.0937. The smallest absolute Gasteiger partial charge is 0.222 e. The Kier molecular flexibility index (Phi) is 4.82. The summed E-state index contributed by atoms with van der Waals surface area (Å²) < 4.78 is 0. The molecule has 23 heavy (non-hydrogen) atoms. The maximum Gasteiger partial charge on any atom is 0.222 e. The van der Waals surface area contributed by atoms with E-state index in [2.05, 4.69) is 33.4 Å². The summed E-state index contributed by atoms with van der Waals surface area (Å²) in [6.07, 6.45) is 8.09. The number of carbonyl (C=O) groups excluding carboxylic acids is 1. The Labute approximate surface area is 138 Å². The Balaban J connectivity index is 1.70. The van der Waals surface area contributed by atoms with Gasteiger partial charge in [0.1, 0.15) is 5.82 Å². The number of aromatic amines is 1. The summed E-state index contributed by atoms with van der Waals surface area (Å²) in [6.45, 7) is 9.19. The van der Waals surface area contributed by atoms with Gasteiger partial charge in [0, 0.05) is 57.1 Å². The summed E-state index contributed by atoms with van der Waals surface area (Å²) in [6, 6.07) is 0. The quantitative estimate of drug-likeness (QED) is 0.845. The molecular formula is C17H27N5O. The molecule has 2 aliphatic rings. The molecule has 6 nitrogen and oxygen atoms in total. The SMILES string of the molecule is C=CCN1CCC2(CCC1=O)CN(Cc1ncc[nH]1)CCN2C. The maximum atomic E-state index is 12.3. The molecule has 0 bridgehead atoms. The van der Waals surface area contributed by atoms with Crippen LogP contribution in [0.3, 0.4) is 0 Å². The highest BCUT2D eigenvalue weighted by atomic mass is 16.2. The van der Waals surface area contributed by atoms with Crippen molar-refractivity contribution in [3.05, 3.63) is 30.9 Å². The van der Waals surface area contributed by atoms with E-state index < -0.39 is 0 Å². The van der Waals surface area contributed by atoms with Crippen molar-refractivity contribution in [2.24, 2.45) is 0 Å². The van der Waals surface area contributed by atoms with Crippen molar-refractivity contribution in [2.75, 3.05) is 39.8 Å². The first kappa shape index (κ1) is 16.2. The Morgan fingerprint density at radius 3 is 3.00 bits per heavy atom. The van der Waals surface area contributed by atoms with Crippen LogP contribution >= 0.6 is 0 Å². The predicted molar refractivity (Wildman–Crippen MR) is 89.9 cm³/mol. The number of likely N-dealkylation sites (tertiary alicyclic amines) is 1. The van der Waals surface area contributed by atoms with Gasteiger partial charge < -0.3 is 9.88 Å². The highest BCUT2D eigenvalue weighted by molar-refractivity contribution is 5.76. The van der Waals surface area contributed by atoms with Crippen molar-refractivity contribution in [1.29, 1.82) is 0 Å². The van der Waals surface area contributed by atoms with Crippen molar-refractivity contribution in [1.82, 2.24) is 24.7 Å². The Morgan fingerprint density at radius 2 is 2.26 bits per heavy atom. The summed E-state index contributed by atoms with van der Waals surface area (Å²) in [5, 5.41) is 0. The van der Waals surface area contributed by atoms with Crippen molar-refractivity contribution in [2.45, 2.75) is 31.3 Å². The molecular weight excluding hydrogens is 290 g/mol. The van der Waals surface area contributed by atoms with Gasteiger partial charge in [-0.15, -0.1) is 6.58 Å². The van der Waals surface area contributed by atoms with Gasteiger partial charge in [-0.25, -0.2) is 4.98 Å². The molecule has 0 radical (unpaired) electrons. The predicted octanol–water partition coefficient (Wildman–Crippen LogP) is 1.09. The van der Waals surface area contributed by atoms with E-state index in [-0.39, 0.29) is 11.4 Å². The van der Waals surface area contributed by atoms with E-state index in [4.69, 9.17) is 0 Å². The summed E-state index contributed by atoms with van der Waals surface area (Å²) in [5.74, 6) is 1.28. The van der Waals surface area contributed by atoms with Gasteiger partial charge >= 0.3 is 0 Å². The molecule has 1 amide bonds. The molecule has 0 aromatic carbocycles. The second-order valence-corrected chi connectivity index (χ2v) is 6.77. The summed E-state index contributed by atoms with van der Waals surface area (Å²) in [5.41, 5.74) is 0.0937. The van der Waals surface area contributed by atoms with Crippen LogP contribution in [-0.4, -0.2) is 75.9 Å². The second kappa shape index (κ2) is 6.84. The number of piperazine rings is 1. The van der Waals surface area contributed by atoms with Crippen LogP contribution in [0.15, 0.2) is 25.0 Å². The van der Waals surface area contributed by atoms with E-state index in [0.29, 0.717) is 13.0 Å². The van der Waals surface area contributed by atoms with Crippen LogP contribution in [0.2, 0.25) is 0 Å². The molecule has 0 saturated carbocycles. The second-order valence-electron chi connectivity index (χ2n) is 6.77. The summed E-state index contributed by atoms with van der Waals surface area (Å²) >= 11 is 0. The Hall–Kier alpha value is -1.66. The number of amides is 1. The maximum absolute atomic E-state index is 12.3. The molecule has 6 heteroatoms. The topological polar surface area (TPSA) is 55.5 Å². The zero-order valence-corrected chi connectivity index (χ0v) is 14.0. The lowest BCUT2D eigenvalue weighted by Gasteiger charge is -2.49. The number of imidazole rings is 1. The largest absolute Gasteiger partial charge is 0.348 e. The number of hydrogen-bond donors (Lipinski definition) is 1. The van der Waals surface area contributed by atoms with Crippen LogP contribution in [-0.2, 0) is 11.3 Å². The number of likely N-dealkylation sites (N-methyl/N-ethyl adjacent to an activating group) is 1. The first-order valence-electron chi connectivity index (χ1n) is 8.43. The number of H-pyrrole nitrogens is 1. The van der Waals surface area contributed by atoms with E-state index in [1.165, 1.54) is 0 Å². The fraction of sp³-hybridized carbons (Fsp3) is 0.647. The van der Waals surface area contributed by atoms with Crippen LogP contribution in [0.4, 0.5) is 0 Å². The number of hydrogen-bond acceptors (Lipinski definition) is 4. The van der Waals surface area contributed by atoms with Gasteiger partial charge in [-0.1, -0.05) is 6.08 Å². The standard InChI is InChI=1S/C17H27N5O/c1-3-9-22-10-6-17(5-4-16(22)23)14-21(12-11-20(17)2)13-15-18-7-8-19-15/h3,7-8H,1,4-6,9-14H2,2H3,(H,18,19). The average Bonchev–Trinajstić information content (AvgIpc) is 3.00.